The van der Waals surface area contributed by atoms with E-state index in [0.717, 1.165) is 26.2 Å². The van der Waals surface area contributed by atoms with Crippen LogP contribution in [0.15, 0.2) is 0 Å². The van der Waals surface area contributed by atoms with E-state index in [9.17, 15) is 4.79 Å². The molecule has 0 aliphatic carbocycles. The molecule has 0 bridgehead atoms. The summed E-state index contributed by atoms with van der Waals surface area (Å²) in [5.74, 6) is 2.18. The molecule has 1 N–H and O–H groups in total. The molecule has 0 radical (unpaired) electrons. The number of carbonyl (C=O) groups excluding carboxylic acids is 1. The molecule has 0 aromatic heterocycles. The summed E-state index contributed by atoms with van der Waals surface area (Å²) in [5.41, 5.74) is 0. The van der Waals surface area contributed by atoms with Crippen molar-refractivity contribution in [3.05, 3.63) is 0 Å². The van der Waals surface area contributed by atoms with Gasteiger partial charge in [0.2, 0.25) is 5.91 Å². The van der Waals surface area contributed by atoms with Crippen LogP contribution in [0, 0.1) is 17.8 Å². The smallest absolute Gasteiger partial charge is 0.222 e. The summed E-state index contributed by atoms with van der Waals surface area (Å²) in [4.78, 5) is 16.7. The fourth-order valence-electron chi connectivity index (χ4n) is 3.63. The van der Waals surface area contributed by atoms with E-state index in [1.54, 1.807) is 0 Å². The molecule has 20 heavy (non-hydrogen) atoms. The number of nitrogens with one attached hydrogen (secondary N) is 1. The lowest BCUT2D eigenvalue weighted by Crippen LogP contribution is -2.37. The van der Waals surface area contributed by atoms with Crippen LogP contribution in [0.3, 0.4) is 0 Å². The lowest BCUT2D eigenvalue weighted by molar-refractivity contribution is -0.131. The number of amides is 1. The Balaban J connectivity index is 1.72. The van der Waals surface area contributed by atoms with Crippen molar-refractivity contribution in [2.45, 2.75) is 32.6 Å². The molecule has 2 fully saturated rings. The first-order chi connectivity index (χ1) is 9.56. The van der Waals surface area contributed by atoms with E-state index in [1.807, 2.05) is 11.9 Å². The van der Waals surface area contributed by atoms with Crippen LogP contribution < -0.4 is 5.32 Å². The van der Waals surface area contributed by atoms with Crippen LogP contribution in [0.2, 0.25) is 0 Å². The number of rotatable bonds is 5. The summed E-state index contributed by atoms with van der Waals surface area (Å²) in [6.45, 7) is 7.72. The molecule has 4 nitrogen and oxygen atoms in total. The Labute approximate surface area is 123 Å². The summed E-state index contributed by atoms with van der Waals surface area (Å²) in [6, 6.07) is 0. The molecule has 116 valence electrons. The molecule has 4 heteroatoms. The average Bonchev–Trinajstić information content (AvgIpc) is 2.85. The largest absolute Gasteiger partial charge is 0.345 e. The van der Waals surface area contributed by atoms with E-state index >= 15 is 0 Å². The molecule has 2 heterocycles. The molecule has 2 saturated heterocycles. The zero-order valence-corrected chi connectivity index (χ0v) is 13.4. The van der Waals surface area contributed by atoms with Gasteiger partial charge in [0.15, 0.2) is 0 Å². The van der Waals surface area contributed by atoms with Crippen LogP contribution in [0.1, 0.15) is 32.6 Å². The van der Waals surface area contributed by atoms with Gasteiger partial charge in [0, 0.05) is 26.6 Å². The Morgan fingerprint density at radius 1 is 1.45 bits per heavy atom. The van der Waals surface area contributed by atoms with Crippen molar-refractivity contribution in [3.63, 3.8) is 0 Å². The molecular formula is C16H31N3O. The van der Waals surface area contributed by atoms with Crippen LogP contribution in [-0.4, -0.2) is 62.5 Å². The van der Waals surface area contributed by atoms with Crippen LogP contribution in [0.25, 0.3) is 0 Å². The van der Waals surface area contributed by atoms with Gasteiger partial charge < -0.3 is 15.1 Å². The fourth-order valence-corrected chi connectivity index (χ4v) is 3.63. The lowest BCUT2D eigenvalue weighted by atomic mass is 9.85. The molecule has 2 aliphatic rings. The normalized spacial score (nSPS) is 29.4. The molecular weight excluding hydrogens is 250 g/mol. The third kappa shape index (κ3) is 4.45. The second-order valence-electron chi connectivity index (χ2n) is 6.98. The van der Waals surface area contributed by atoms with Crippen LogP contribution in [0.4, 0.5) is 0 Å². The molecule has 0 aromatic carbocycles. The van der Waals surface area contributed by atoms with Gasteiger partial charge in [-0.1, -0.05) is 6.92 Å². The maximum absolute atomic E-state index is 12.4. The molecule has 2 aliphatic heterocycles. The molecule has 3 atom stereocenters. The second kappa shape index (κ2) is 7.41. The van der Waals surface area contributed by atoms with E-state index in [2.05, 4.69) is 24.2 Å². The first-order valence-corrected chi connectivity index (χ1v) is 8.19. The number of hydrogen-bond donors (Lipinski definition) is 1. The van der Waals surface area contributed by atoms with Gasteiger partial charge in [-0.2, -0.15) is 0 Å². The first kappa shape index (κ1) is 15.8. The summed E-state index contributed by atoms with van der Waals surface area (Å²) < 4.78 is 0. The average molecular weight is 281 g/mol. The lowest BCUT2D eigenvalue weighted by Gasteiger charge is -2.29. The van der Waals surface area contributed by atoms with Gasteiger partial charge in [0.05, 0.1) is 0 Å². The minimum absolute atomic E-state index is 0.331. The highest BCUT2D eigenvalue weighted by atomic mass is 16.2. The van der Waals surface area contributed by atoms with E-state index in [4.69, 9.17) is 0 Å². The third-order valence-electron chi connectivity index (χ3n) is 5.08. The Kier molecular flexibility index (Phi) is 5.85. The Morgan fingerprint density at radius 2 is 2.25 bits per heavy atom. The van der Waals surface area contributed by atoms with Gasteiger partial charge in [0.25, 0.3) is 0 Å². The van der Waals surface area contributed by atoms with Gasteiger partial charge in [-0.15, -0.1) is 0 Å². The molecule has 3 unspecified atom stereocenters. The molecule has 0 saturated carbocycles. The van der Waals surface area contributed by atoms with Crippen molar-refractivity contribution < 1.29 is 4.79 Å². The number of likely N-dealkylation sites (tertiary alicyclic amines) is 1. The first-order valence-electron chi connectivity index (χ1n) is 8.19. The van der Waals surface area contributed by atoms with Gasteiger partial charge in [0.1, 0.15) is 0 Å². The van der Waals surface area contributed by atoms with Crippen molar-refractivity contribution in [3.8, 4) is 0 Å². The zero-order valence-electron chi connectivity index (χ0n) is 13.4. The monoisotopic (exact) mass is 281 g/mol. The van der Waals surface area contributed by atoms with Gasteiger partial charge >= 0.3 is 0 Å². The maximum Gasteiger partial charge on any atom is 0.222 e. The number of piperidine rings is 1. The van der Waals surface area contributed by atoms with Gasteiger partial charge in [-0.05, 0) is 63.7 Å². The highest BCUT2D eigenvalue weighted by Gasteiger charge is 2.26. The van der Waals surface area contributed by atoms with Gasteiger partial charge in [-0.3, -0.25) is 4.79 Å². The topological polar surface area (TPSA) is 35.6 Å². The zero-order chi connectivity index (χ0) is 14.5. The maximum atomic E-state index is 12.4. The van der Waals surface area contributed by atoms with E-state index in [-0.39, 0.29) is 0 Å². The van der Waals surface area contributed by atoms with Crippen LogP contribution >= 0.6 is 0 Å². The van der Waals surface area contributed by atoms with Crippen LogP contribution in [0.5, 0.6) is 0 Å². The Hall–Kier alpha value is -0.610. The van der Waals surface area contributed by atoms with E-state index < -0.39 is 0 Å². The van der Waals surface area contributed by atoms with Gasteiger partial charge in [-0.25, -0.2) is 0 Å². The van der Waals surface area contributed by atoms with Crippen molar-refractivity contribution in [2.75, 3.05) is 46.8 Å². The Morgan fingerprint density at radius 3 is 2.85 bits per heavy atom. The predicted molar refractivity (Wildman–Crippen MR) is 82.6 cm³/mol. The second-order valence-corrected chi connectivity index (χ2v) is 6.98. The number of nitrogens with zero attached hydrogens (tertiary/aromatic N) is 2. The summed E-state index contributed by atoms with van der Waals surface area (Å²) in [7, 11) is 4.15. The summed E-state index contributed by atoms with van der Waals surface area (Å²) in [6.07, 6.45) is 4.48. The highest BCUT2D eigenvalue weighted by Crippen LogP contribution is 2.23. The van der Waals surface area contributed by atoms with E-state index in [0.29, 0.717) is 30.1 Å². The van der Waals surface area contributed by atoms with Crippen molar-refractivity contribution in [1.29, 1.82) is 0 Å². The highest BCUT2D eigenvalue weighted by molar-refractivity contribution is 5.76. The standard InChI is InChI=1S/C16H31N3O/c1-13(15-5-4-7-17-10-15)9-16(20)19(3)12-14-6-8-18(2)11-14/h13-15,17H,4-12H2,1-3H3. The quantitative estimate of drug-likeness (QED) is 0.828. The van der Waals surface area contributed by atoms with Crippen molar-refractivity contribution in [2.24, 2.45) is 17.8 Å². The SMILES string of the molecule is CC(CC(=O)N(C)CC1CCN(C)C1)C1CCCNC1. The van der Waals surface area contributed by atoms with Crippen LogP contribution in [-0.2, 0) is 4.79 Å². The molecule has 0 aromatic rings. The van der Waals surface area contributed by atoms with E-state index in [1.165, 1.54) is 25.8 Å². The molecule has 0 spiro atoms. The third-order valence-corrected chi connectivity index (χ3v) is 5.08. The number of carbonyl (C=O) groups is 1. The summed E-state index contributed by atoms with van der Waals surface area (Å²) in [5, 5.41) is 3.45. The Bertz CT molecular complexity index is 315. The molecule has 1 amide bonds. The summed E-state index contributed by atoms with van der Waals surface area (Å²) >= 11 is 0. The molecule has 2 rings (SSSR count). The predicted octanol–water partition coefficient (Wildman–Crippen LogP) is 1.42. The van der Waals surface area contributed by atoms with Crippen molar-refractivity contribution in [1.82, 2.24) is 15.1 Å². The minimum Gasteiger partial charge on any atom is -0.345 e. The minimum atomic E-state index is 0.331. The fraction of sp³-hybridized carbons (Fsp3) is 0.938. The van der Waals surface area contributed by atoms with Crippen molar-refractivity contribution >= 4 is 5.91 Å². The number of hydrogen-bond acceptors (Lipinski definition) is 3.